The van der Waals surface area contributed by atoms with Gasteiger partial charge in [-0.3, -0.25) is 4.98 Å². The molecule has 2 atom stereocenters. The van der Waals surface area contributed by atoms with Gasteiger partial charge in [0.2, 0.25) is 0 Å². The molecule has 6 heteroatoms. The lowest BCUT2D eigenvalue weighted by Crippen LogP contribution is -2.29. The average molecular weight is 496 g/mol. The Morgan fingerprint density at radius 1 is 0.861 bits per heavy atom. The molecule has 0 spiro atoms. The van der Waals surface area contributed by atoms with Crippen molar-refractivity contribution in [3.05, 3.63) is 107 Å². The molecule has 0 unspecified atom stereocenters. The Morgan fingerprint density at radius 2 is 1.56 bits per heavy atom. The maximum absolute atomic E-state index is 5.95. The summed E-state index contributed by atoms with van der Waals surface area (Å²) < 4.78 is 2.34. The van der Waals surface area contributed by atoms with Crippen molar-refractivity contribution in [1.29, 1.82) is 0 Å². The summed E-state index contributed by atoms with van der Waals surface area (Å²) in [6.07, 6.45) is 1.85. The largest absolute Gasteiger partial charge is 0.378 e. The van der Waals surface area contributed by atoms with Crippen LogP contribution in [0.1, 0.15) is 45.9 Å². The third-order valence-corrected chi connectivity index (χ3v) is 7.31. The standard InChI is InChI=1S/C30H33N5S/c1-19-15-20(2)17-25(16-19)35-29(28(32-30(35)36)27-9-7-8-14-31-27)26-18-21(3)34(22(26)4)24-12-10-23(11-13-24)33(5)6/h7-18,28-29H,1-6H3,(H,32,36)/t28-,29+/m1/s1. The SMILES string of the molecule is Cc1cc(C)cc(N2C(=S)N[C@H](c3ccccn3)[C@@H]2c2cc(C)n(-c3ccc(N(C)C)cc3)c2C)c1. The van der Waals surface area contributed by atoms with Crippen LogP contribution in [0.5, 0.6) is 0 Å². The van der Waals surface area contributed by atoms with Crippen LogP contribution in [0, 0.1) is 27.7 Å². The highest BCUT2D eigenvalue weighted by atomic mass is 32.1. The second-order valence-electron chi connectivity index (χ2n) is 9.92. The third-order valence-electron chi connectivity index (χ3n) is 7.00. The Balaban J connectivity index is 1.66. The predicted molar refractivity (Wildman–Crippen MR) is 153 cm³/mol. The molecule has 184 valence electrons. The molecular formula is C30H33N5S. The summed E-state index contributed by atoms with van der Waals surface area (Å²) in [6, 6.07) is 23.6. The molecule has 1 aliphatic rings. The number of rotatable bonds is 5. The zero-order valence-corrected chi connectivity index (χ0v) is 22.6. The van der Waals surface area contributed by atoms with E-state index in [-0.39, 0.29) is 12.1 Å². The number of hydrogen-bond donors (Lipinski definition) is 1. The minimum atomic E-state index is -0.0652. The molecule has 36 heavy (non-hydrogen) atoms. The van der Waals surface area contributed by atoms with Crippen molar-refractivity contribution in [3.63, 3.8) is 0 Å². The first-order valence-electron chi connectivity index (χ1n) is 12.3. The molecular weight excluding hydrogens is 462 g/mol. The molecule has 1 fully saturated rings. The first-order valence-corrected chi connectivity index (χ1v) is 12.7. The van der Waals surface area contributed by atoms with Gasteiger partial charge in [0.1, 0.15) is 0 Å². The molecule has 1 saturated heterocycles. The fourth-order valence-electron chi connectivity index (χ4n) is 5.42. The van der Waals surface area contributed by atoms with E-state index in [1.807, 2.05) is 18.3 Å². The third kappa shape index (κ3) is 4.26. The quantitative estimate of drug-likeness (QED) is 0.327. The van der Waals surface area contributed by atoms with Gasteiger partial charge in [0, 0.05) is 48.7 Å². The highest BCUT2D eigenvalue weighted by molar-refractivity contribution is 7.80. The Bertz CT molecular complexity index is 1390. The van der Waals surface area contributed by atoms with Gasteiger partial charge in [0.15, 0.2) is 5.11 Å². The maximum Gasteiger partial charge on any atom is 0.174 e. The van der Waals surface area contributed by atoms with Crippen LogP contribution < -0.4 is 15.1 Å². The number of anilines is 2. The number of nitrogens with one attached hydrogen (secondary N) is 1. The van der Waals surface area contributed by atoms with E-state index in [0.717, 1.165) is 22.2 Å². The lowest BCUT2D eigenvalue weighted by molar-refractivity contribution is 0.565. The lowest BCUT2D eigenvalue weighted by atomic mass is 9.96. The first-order chi connectivity index (χ1) is 17.2. The van der Waals surface area contributed by atoms with Crippen LogP contribution in [0.2, 0.25) is 0 Å². The van der Waals surface area contributed by atoms with E-state index in [1.165, 1.54) is 33.8 Å². The zero-order valence-electron chi connectivity index (χ0n) is 21.8. The van der Waals surface area contributed by atoms with Crippen LogP contribution >= 0.6 is 12.2 Å². The summed E-state index contributed by atoms with van der Waals surface area (Å²) in [5.74, 6) is 0. The van der Waals surface area contributed by atoms with Crippen molar-refractivity contribution < 1.29 is 0 Å². The Labute approximate surface area is 219 Å². The van der Waals surface area contributed by atoms with E-state index in [1.54, 1.807) is 0 Å². The van der Waals surface area contributed by atoms with Crippen molar-refractivity contribution in [2.45, 2.75) is 39.8 Å². The van der Waals surface area contributed by atoms with Crippen molar-refractivity contribution in [3.8, 4) is 5.69 Å². The zero-order chi connectivity index (χ0) is 25.6. The van der Waals surface area contributed by atoms with Crippen molar-refractivity contribution >= 4 is 28.7 Å². The molecule has 4 aromatic rings. The van der Waals surface area contributed by atoms with Crippen LogP contribution in [0.4, 0.5) is 11.4 Å². The summed E-state index contributed by atoms with van der Waals surface area (Å²) in [5.41, 5.74) is 10.5. The minimum Gasteiger partial charge on any atom is -0.378 e. The van der Waals surface area contributed by atoms with Gasteiger partial charge in [-0.1, -0.05) is 12.1 Å². The van der Waals surface area contributed by atoms with Gasteiger partial charge in [-0.05, 0) is 111 Å². The van der Waals surface area contributed by atoms with E-state index < -0.39 is 0 Å². The maximum atomic E-state index is 5.95. The van der Waals surface area contributed by atoms with Gasteiger partial charge < -0.3 is 19.7 Å². The summed E-state index contributed by atoms with van der Waals surface area (Å²) in [7, 11) is 4.13. The predicted octanol–water partition coefficient (Wildman–Crippen LogP) is 6.35. The molecule has 2 aromatic carbocycles. The molecule has 1 aliphatic heterocycles. The van der Waals surface area contributed by atoms with Crippen molar-refractivity contribution in [1.82, 2.24) is 14.9 Å². The molecule has 0 amide bonds. The first kappa shape index (κ1) is 24.1. The van der Waals surface area contributed by atoms with E-state index in [0.29, 0.717) is 0 Å². The minimum absolute atomic E-state index is 0.0328. The van der Waals surface area contributed by atoms with Crippen LogP contribution in [-0.2, 0) is 0 Å². The van der Waals surface area contributed by atoms with Crippen LogP contribution in [-0.4, -0.2) is 28.8 Å². The lowest BCUT2D eigenvalue weighted by Gasteiger charge is -2.29. The Hall–Kier alpha value is -3.64. The monoisotopic (exact) mass is 495 g/mol. The number of pyridine rings is 1. The van der Waals surface area contributed by atoms with E-state index in [4.69, 9.17) is 17.2 Å². The number of hydrogen-bond acceptors (Lipinski definition) is 3. The normalized spacial score (nSPS) is 17.4. The molecule has 0 bridgehead atoms. The summed E-state index contributed by atoms with van der Waals surface area (Å²) in [4.78, 5) is 9.11. The number of nitrogens with zero attached hydrogens (tertiary/aromatic N) is 4. The average Bonchev–Trinajstić information content (AvgIpc) is 3.34. The highest BCUT2D eigenvalue weighted by Crippen LogP contribution is 2.44. The summed E-state index contributed by atoms with van der Waals surface area (Å²) in [5, 5.41) is 4.32. The second-order valence-corrected chi connectivity index (χ2v) is 10.3. The van der Waals surface area contributed by atoms with Gasteiger partial charge in [-0.25, -0.2) is 0 Å². The van der Waals surface area contributed by atoms with Gasteiger partial charge in [-0.2, -0.15) is 0 Å². The fourth-order valence-corrected chi connectivity index (χ4v) is 5.77. The summed E-state index contributed by atoms with van der Waals surface area (Å²) in [6.45, 7) is 8.65. The number of aromatic nitrogens is 2. The number of benzene rings is 2. The van der Waals surface area contributed by atoms with Crippen LogP contribution in [0.25, 0.3) is 5.69 Å². The smallest absolute Gasteiger partial charge is 0.174 e. The Morgan fingerprint density at radius 3 is 2.17 bits per heavy atom. The van der Waals surface area contributed by atoms with Crippen LogP contribution in [0.15, 0.2) is 72.9 Å². The number of aryl methyl sites for hydroxylation is 3. The van der Waals surface area contributed by atoms with Gasteiger partial charge >= 0.3 is 0 Å². The van der Waals surface area contributed by atoms with Crippen molar-refractivity contribution in [2.75, 3.05) is 23.9 Å². The summed E-state index contributed by atoms with van der Waals surface area (Å²) >= 11 is 5.95. The molecule has 0 radical (unpaired) electrons. The van der Waals surface area contributed by atoms with Gasteiger partial charge in [0.05, 0.1) is 17.8 Å². The van der Waals surface area contributed by atoms with Crippen LogP contribution in [0.3, 0.4) is 0 Å². The van der Waals surface area contributed by atoms with Gasteiger partial charge in [0.25, 0.3) is 0 Å². The van der Waals surface area contributed by atoms with Gasteiger partial charge in [-0.15, -0.1) is 0 Å². The molecule has 1 N–H and O–H groups in total. The van der Waals surface area contributed by atoms with Crippen molar-refractivity contribution in [2.24, 2.45) is 0 Å². The highest BCUT2D eigenvalue weighted by Gasteiger charge is 2.42. The molecule has 0 saturated carbocycles. The second kappa shape index (κ2) is 9.43. The topological polar surface area (TPSA) is 36.3 Å². The van der Waals surface area contributed by atoms with E-state index in [9.17, 15) is 0 Å². The molecule has 3 heterocycles. The van der Waals surface area contributed by atoms with E-state index >= 15 is 0 Å². The molecule has 5 rings (SSSR count). The molecule has 2 aromatic heterocycles. The Kier molecular flexibility index (Phi) is 6.31. The fraction of sp³-hybridized carbons (Fsp3) is 0.267. The van der Waals surface area contributed by atoms with E-state index in [2.05, 4.69) is 116 Å². The number of thiocarbonyl (C=S) groups is 1. The molecule has 0 aliphatic carbocycles. The molecule has 5 nitrogen and oxygen atoms in total.